The summed E-state index contributed by atoms with van der Waals surface area (Å²) >= 11 is 0. The molecule has 5 heteroatoms. The largest absolute Gasteiger partial charge is 0.489 e. The Morgan fingerprint density at radius 1 is 0.882 bits per heavy atom. The van der Waals surface area contributed by atoms with Gasteiger partial charge in [0.15, 0.2) is 0 Å². The number of para-hydroxylation sites is 1. The van der Waals surface area contributed by atoms with E-state index in [2.05, 4.69) is 74.4 Å². The van der Waals surface area contributed by atoms with Crippen molar-refractivity contribution < 1.29 is 4.74 Å². The Bertz CT molecular complexity index is 1080. The van der Waals surface area contributed by atoms with Crippen LogP contribution in [0.5, 0.6) is 5.75 Å². The van der Waals surface area contributed by atoms with E-state index in [1.807, 2.05) is 12.4 Å². The number of likely N-dealkylation sites (tertiary alicyclic amines) is 1. The van der Waals surface area contributed by atoms with Crippen molar-refractivity contribution in [3.63, 3.8) is 0 Å². The molecule has 3 aliphatic rings. The summed E-state index contributed by atoms with van der Waals surface area (Å²) in [5, 5.41) is 0. The molecule has 1 atom stereocenters. The maximum Gasteiger partial charge on any atom is 0.123 e. The molecular formula is C29H34N4O. The van der Waals surface area contributed by atoms with Crippen LogP contribution < -0.4 is 9.64 Å². The van der Waals surface area contributed by atoms with E-state index in [0.717, 1.165) is 11.8 Å². The molecule has 5 nitrogen and oxygen atoms in total. The van der Waals surface area contributed by atoms with Crippen LogP contribution in [0, 0.1) is 5.41 Å². The molecule has 0 amide bonds. The van der Waals surface area contributed by atoms with Crippen LogP contribution >= 0.6 is 0 Å². The number of rotatable bonds is 6. The van der Waals surface area contributed by atoms with Crippen LogP contribution in [-0.2, 0) is 6.61 Å². The zero-order valence-corrected chi connectivity index (χ0v) is 19.9. The topological polar surface area (TPSA) is 41.5 Å². The molecule has 1 saturated carbocycles. The normalized spacial score (nSPS) is 22.6. The minimum Gasteiger partial charge on any atom is -0.489 e. The number of nitrogens with zero attached hydrogens (tertiary/aromatic N) is 4. The zero-order valence-electron chi connectivity index (χ0n) is 19.9. The predicted molar refractivity (Wildman–Crippen MR) is 135 cm³/mol. The summed E-state index contributed by atoms with van der Waals surface area (Å²) < 4.78 is 6.27. The van der Waals surface area contributed by atoms with Crippen molar-refractivity contribution >= 4 is 5.69 Å². The Kier molecular flexibility index (Phi) is 5.96. The third-order valence-electron chi connectivity index (χ3n) is 8.28. The van der Waals surface area contributed by atoms with Crippen LogP contribution in [0.4, 0.5) is 5.69 Å². The first-order chi connectivity index (χ1) is 16.8. The second-order valence-electron chi connectivity index (χ2n) is 10.5. The van der Waals surface area contributed by atoms with Gasteiger partial charge in [-0.2, -0.15) is 0 Å². The highest BCUT2D eigenvalue weighted by Gasteiger charge is 2.49. The van der Waals surface area contributed by atoms with Gasteiger partial charge in [-0.15, -0.1) is 0 Å². The molecule has 176 valence electrons. The first-order valence-corrected chi connectivity index (χ1v) is 12.8. The SMILES string of the molecule is c1ccc(COc2ccccc2C2CCN([C@@H]3CCC4(C3)CN(c3cncnc3)C4)CC2)cc1. The molecule has 3 heterocycles. The van der Waals surface area contributed by atoms with Crippen molar-refractivity contribution in [1.29, 1.82) is 0 Å². The maximum absolute atomic E-state index is 6.27. The van der Waals surface area contributed by atoms with E-state index in [9.17, 15) is 0 Å². The number of aromatic nitrogens is 2. The lowest BCUT2D eigenvalue weighted by Crippen LogP contribution is -2.56. The van der Waals surface area contributed by atoms with Crippen molar-refractivity contribution in [1.82, 2.24) is 14.9 Å². The highest BCUT2D eigenvalue weighted by atomic mass is 16.5. The van der Waals surface area contributed by atoms with Gasteiger partial charge in [0.1, 0.15) is 18.7 Å². The van der Waals surface area contributed by atoms with Crippen molar-refractivity contribution in [2.45, 2.75) is 50.7 Å². The van der Waals surface area contributed by atoms with Gasteiger partial charge in [0, 0.05) is 24.5 Å². The Morgan fingerprint density at radius 3 is 2.41 bits per heavy atom. The number of benzene rings is 2. The fraction of sp³-hybridized carbons (Fsp3) is 0.448. The van der Waals surface area contributed by atoms with Crippen molar-refractivity contribution in [3.05, 3.63) is 84.4 Å². The highest BCUT2D eigenvalue weighted by molar-refractivity contribution is 5.46. The molecule has 0 bridgehead atoms. The fourth-order valence-electron chi connectivity index (χ4n) is 6.44. The van der Waals surface area contributed by atoms with Gasteiger partial charge in [-0.25, -0.2) is 9.97 Å². The van der Waals surface area contributed by atoms with Gasteiger partial charge in [-0.1, -0.05) is 48.5 Å². The molecule has 2 saturated heterocycles. The lowest BCUT2D eigenvalue weighted by Gasteiger charge is -2.50. The van der Waals surface area contributed by atoms with Crippen LogP contribution in [0.3, 0.4) is 0 Å². The number of hydrogen-bond acceptors (Lipinski definition) is 5. The average molecular weight is 455 g/mol. The minimum absolute atomic E-state index is 0.509. The van der Waals surface area contributed by atoms with Gasteiger partial charge in [-0.05, 0) is 68.3 Å². The summed E-state index contributed by atoms with van der Waals surface area (Å²) in [5.41, 5.74) is 4.29. The predicted octanol–water partition coefficient (Wildman–Crippen LogP) is 5.29. The standard InChI is InChI=1S/C29H34N4O/c1-2-6-23(7-3-1)19-34-28-9-5-4-8-27(28)24-11-14-32(15-12-24)25-10-13-29(16-25)20-33(21-29)26-17-30-22-31-18-26/h1-9,17-18,22,24-25H,10-16,19-21H2/t25-/m1/s1. The summed E-state index contributed by atoms with van der Waals surface area (Å²) in [6.45, 7) is 5.37. The zero-order chi connectivity index (χ0) is 22.8. The molecule has 2 aliphatic heterocycles. The Morgan fingerprint density at radius 2 is 1.62 bits per heavy atom. The Balaban J connectivity index is 1.03. The molecule has 0 radical (unpaired) electrons. The van der Waals surface area contributed by atoms with E-state index in [1.54, 1.807) is 6.33 Å². The van der Waals surface area contributed by atoms with E-state index in [4.69, 9.17) is 4.74 Å². The van der Waals surface area contributed by atoms with Crippen LogP contribution in [0.25, 0.3) is 0 Å². The van der Waals surface area contributed by atoms with Gasteiger partial charge in [-0.3, -0.25) is 0 Å². The molecule has 1 aromatic heterocycles. The van der Waals surface area contributed by atoms with E-state index in [0.29, 0.717) is 17.9 Å². The molecule has 34 heavy (non-hydrogen) atoms. The monoisotopic (exact) mass is 454 g/mol. The van der Waals surface area contributed by atoms with Crippen LogP contribution in [0.15, 0.2) is 73.3 Å². The number of ether oxygens (including phenoxy) is 1. The molecule has 3 aromatic rings. The fourth-order valence-corrected chi connectivity index (χ4v) is 6.44. The minimum atomic E-state index is 0.509. The second kappa shape index (κ2) is 9.38. The average Bonchev–Trinajstić information content (AvgIpc) is 3.34. The van der Waals surface area contributed by atoms with Crippen LogP contribution in [-0.4, -0.2) is 47.1 Å². The van der Waals surface area contributed by atoms with Gasteiger partial charge in [0.2, 0.25) is 0 Å². The summed E-state index contributed by atoms with van der Waals surface area (Å²) in [4.78, 5) is 13.6. The van der Waals surface area contributed by atoms with Gasteiger partial charge in [0.05, 0.1) is 18.1 Å². The number of anilines is 1. The molecule has 2 aromatic carbocycles. The molecule has 6 rings (SSSR count). The Hall–Kier alpha value is -2.92. The molecule has 3 fully saturated rings. The smallest absolute Gasteiger partial charge is 0.123 e. The highest BCUT2D eigenvalue weighted by Crippen LogP contribution is 2.49. The molecule has 1 aliphatic carbocycles. The van der Waals surface area contributed by atoms with Crippen molar-refractivity contribution in [2.75, 3.05) is 31.1 Å². The summed E-state index contributed by atoms with van der Waals surface area (Å²) in [5.74, 6) is 1.65. The lowest BCUT2D eigenvalue weighted by molar-refractivity contribution is 0.131. The summed E-state index contributed by atoms with van der Waals surface area (Å²) in [7, 11) is 0. The van der Waals surface area contributed by atoms with Crippen molar-refractivity contribution in [2.24, 2.45) is 5.41 Å². The lowest BCUT2D eigenvalue weighted by atomic mass is 9.77. The molecular weight excluding hydrogens is 420 g/mol. The summed E-state index contributed by atoms with van der Waals surface area (Å²) in [6.07, 6.45) is 12.0. The third-order valence-corrected chi connectivity index (χ3v) is 8.28. The maximum atomic E-state index is 6.27. The van der Waals surface area contributed by atoms with Crippen LogP contribution in [0.1, 0.15) is 49.1 Å². The third kappa shape index (κ3) is 4.41. The molecule has 0 N–H and O–H groups in total. The van der Waals surface area contributed by atoms with E-state index in [1.165, 1.54) is 75.1 Å². The van der Waals surface area contributed by atoms with Gasteiger partial charge >= 0.3 is 0 Å². The second-order valence-corrected chi connectivity index (χ2v) is 10.5. The van der Waals surface area contributed by atoms with E-state index in [-0.39, 0.29) is 0 Å². The van der Waals surface area contributed by atoms with Gasteiger partial charge in [0.25, 0.3) is 0 Å². The van der Waals surface area contributed by atoms with E-state index >= 15 is 0 Å². The number of hydrogen-bond donors (Lipinski definition) is 0. The number of piperidine rings is 1. The van der Waals surface area contributed by atoms with Crippen molar-refractivity contribution in [3.8, 4) is 5.75 Å². The van der Waals surface area contributed by atoms with E-state index < -0.39 is 0 Å². The first-order valence-electron chi connectivity index (χ1n) is 12.8. The molecule has 1 spiro atoms. The van der Waals surface area contributed by atoms with Crippen LogP contribution in [0.2, 0.25) is 0 Å². The first kappa shape index (κ1) is 21.6. The summed E-state index contributed by atoms with van der Waals surface area (Å²) in [6, 6.07) is 19.9. The molecule has 0 unspecified atom stereocenters. The Labute approximate surface area is 202 Å². The quantitative estimate of drug-likeness (QED) is 0.506. The van der Waals surface area contributed by atoms with Gasteiger partial charge < -0.3 is 14.5 Å².